The van der Waals surface area contributed by atoms with Gasteiger partial charge >= 0.3 is 11.9 Å². The van der Waals surface area contributed by atoms with Crippen LogP contribution in [0.15, 0.2) is 0 Å². The van der Waals surface area contributed by atoms with E-state index in [9.17, 15) is 9.59 Å². The normalized spacial score (nSPS) is 10.9. The molecule has 0 aromatic carbocycles. The van der Waals surface area contributed by atoms with Crippen LogP contribution in [-0.2, 0) is 19.1 Å². The van der Waals surface area contributed by atoms with E-state index in [2.05, 4.69) is 0 Å². The van der Waals surface area contributed by atoms with Crippen molar-refractivity contribution in [2.24, 2.45) is 0 Å². The van der Waals surface area contributed by atoms with Crippen molar-refractivity contribution in [2.75, 3.05) is 6.61 Å². The Kier molecular flexibility index (Phi) is 5.97. The fraction of sp³-hybridized carbons (Fsp3) is 0.818. The van der Waals surface area contributed by atoms with Gasteiger partial charge in [-0.3, -0.25) is 9.59 Å². The molecule has 0 bridgehead atoms. The van der Waals surface area contributed by atoms with Crippen LogP contribution in [0.25, 0.3) is 0 Å². The van der Waals surface area contributed by atoms with E-state index in [0.717, 1.165) is 6.42 Å². The van der Waals surface area contributed by atoms with Gasteiger partial charge < -0.3 is 9.47 Å². The molecule has 0 aromatic rings. The molecule has 4 heteroatoms. The first-order chi connectivity index (χ1) is 6.85. The van der Waals surface area contributed by atoms with Crippen molar-refractivity contribution in [3.8, 4) is 0 Å². The third-order valence-electron chi connectivity index (χ3n) is 1.42. The zero-order chi connectivity index (χ0) is 11.9. The van der Waals surface area contributed by atoms with E-state index in [-0.39, 0.29) is 24.8 Å². The molecule has 0 unspecified atom stereocenters. The zero-order valence-electron chi connectivity index (χ0n) is 9.96. The highest BCUT2D eigenvalue weighted by Gasteiger charge is 2.17. The van der Waals surface area contributed by atoms with Gasteiger partial charge in [0.2, 0.25) is 0 Å². The quantitative estimate of drug-likeness (QED) is 0.660. The van der Waals surface area contributed by atoms with Gasteiger partial charge in [-0.1, -0.05) is 6.92 Å². The fourth-order valence-corrected chi connectivity index (χ4v) is 0.885. The summed E-state index contributed by atoms with van der Waals surface area (Å²) in [4.78, 5) is 22.2. The third kappa shape index (κ3) is 9.25. The Hall–Kier alpha value is -1.06. The molecule has 0 saturated heterocycles. The minimum Gasteiger partial charge on any atom is -0.466 e. The Morgan fingerprint density at radius 2 is 1.60 bits per heavy atom. The van der Waals surface area contributed by atoms with Crippen LogP contribution in [0.3, 0.4) is 0 Å². The Bertz CT molecular complexity index is 215. The Balaban J connectivity index is 3.67. The Morgan fingerprint density at radius 3 is 2.07 bits per heavy atom. The standard InChI is InChI=1S/C11H20O4/c1-5-8-14-9(12)6-7-10(13)15-11(2,3)4/h5-8H2,1-4H3. The minimum absolute atomic E-state index is 0.0832. The average Bonchev–Trinajstić information content (AvgIpc) is 2.08. The molecule has 0 aliphatic rings. The third-order valence-corrected chi connectivity index (χ3v) is 1.42. The molecule has 4 nitrogen and oxygen atoms in total. The molecule has 88 valence electrons. The number of ether oxygens (including phenoxy) is 2. The summed E-state index contributed by atoms with van der Waals surface area (Å²) >= 11 is 0. The molecule has 0 aliphatic carbocycles. The van der Waals surface area contributed by atoms with E-state index in [1.807, 2.05) is 6.92 Å². The molecule has 0 fully saturated rings. The lowest BCUT2D eigenvalue weighted by molar-refractivity contribution is -0.158. The number of esters is 2. The summed E-state index contributed by atoms with van der Waals surface area (Å²) in [5.74, 6) is -0.710. The lowest BCUT2D eigenvalue weighted by Crippen LogP contribution is -2.24. The summed E-state index contributed by atoms with van der Waals surface area (Å²) in [6, 6.07) is 0. The number of hydrogen-bond donors (Lipinski definition) is 0. The van der Waals surface area contributed by atoms with Crippen molar-refractivity contribution in [1.29, 1.82) is 0 Å². The molecule has 0 aliphatic heterocycles. The monoisotopic (exact) mass is 216 g/mol. The summed E-state index contributed by atoms with van der Waals surface area (Å²) in [5.41, 5.74) is -0.496. The first-order valence-electron chi connectivity index (χ1n) is 5.22. The van der Waals surface area contributed by atoms with Crippen LogP contribution < -0.4 is 0 Å². The molecule has 0 radical (unpaired) electrons. The van der Waals surface area contributed by atoms with Gasteiger partial charge in [-0.25, -0.2) is 0 Å². The second-order valence-corrected chi connectivity index (χ2v) is 4.31. The van der Waals surface area contributed by atoms with Crippen LogP contribution in [0.5, 0.6) is 0 Å². The van der Waals surface area contributed by atoms with Crippen molar-refractivity contribution in [3.63, 3.8) is 0 Å². The van der Waals surface area contributed by atoms with E-state index in [0.29, 0.717) is 6.61 Å². The molecule has 15 heavy (non-hydrogen) atoms. The molecule has 0 spiro atoms. The smallest absolute Gasteiger partial charge is 0.306 e. The first kappa shape index (κ1) is 13.9. The largest absolute Gasteiger partial charge is 0.466 e. The SMILES string of the molecule is CCCOC(=O)CCC(=O)OC(C)(C)C. The van der Waals surface area contributed by atoms with Gasteiger partial charge in [-0.15, -0.1) is 0 Å². The van der Waals surface area contributed by atoms with Crippen LogP contribution in [0.2, 0.25) is 0 Å². The minimum atomic E-state index is -0.496. The highest BCUT2D eigenvalue weighted by Crippen LogP contribution is 2.09. The predicted octanol–water partition coefficient (Wildman–Crippen LogP) is 2.06. The van der Waals surface area contributed by atoms with Crippen molar-refractivity contribution < 1.29 is 19.1 Å². The van der Waals surface area contributed by atoms with Crippen molar-refractivity contribution in [3.05, 3.63) is 0 Å². The molecule has 0 rings (SSSR count). The number of carbonyl (C=O) groups excluding carboxylic acids is 2. The topological polar surface area (TPSA) is 52.6 Å². The molecular formula is C11H20O4. The maximum absolute atomic E-state index is 11.2. The summed E-state index contributed by atoms with van der Waals surface area (Å²) in [6.07, 6.45) is 0.965. The van der Waals surface area contributed by atoms with Gasteiger partial charge in [0.15, 0.2) is 0 Å². The second-order valence-electron chi connectivity index (χ2n) is 4.31. The molecule has 0 aromatic heterocycles. The van der Waals surface area contributed by atoms with E-state index in [1.165, 1.54) is 0 Å². The fourth-order valence-electron chi connectivity index (χ4n) is 0.885. The highest BCUT2D eigenvalue weighted by molar-refractivity contribution is 5.77. The molecule has 0 amide bonds. The van der Waals surface area contributed by atoms with Crippen LogP contribution >= 0.6 is 0 Å². The van der Waals surface area contributed by atoms with Crippen molar-refractivity contribution in [1.82, 2.24) is 0 Å². The predicted molar refractivity (Wildman–Crippen MR) is 56.3 cm³/mol. The summed E-state index contributed by atoms with van der Waals surface area (Å²) in [6.45, 7) is 7.70. The maximum Gasteiger partial charge on any atom is 0.306 e. The second kappa shape index (κ2) is 6.43. The van der Waals surface area contributed by atoms with Crippen molar-refractivity contribution in [2.45, 2.75) is 52.6 Å². The number of hydrogen-bond acceptors (Lipinski definition) is 4. The summed E-state index contributed by atoms with van der Waals surface area (Å²) < 4.78 is 9.87. The molecule has 0 saturated carbocycles. The maximum atomic E-state index is 11.2. The van der Waals surface area contributed by atoms with Crippen molar-refractivity contribution >= 4 is 11.9 Å². The van der Waals surface area contributed by atoms with E-state index < -0.39 is 5.60 Å². The van der Waals surface area contributed by atoms with Crippen LogP contribution in [0, 0.1) is 0 Å². The molecule has 0 N–H and O–H groups in total. The number of rotatable bonds is 5. The summed E-state index contributed by atoms with van der Waals surface area (Å²) in [5, 5.41) is 0. The Morgan fingerprint density at radius 1 is 1.07 bits per heavy atom. The first-order valence-corrected chi connectivity index (χ1v) is 5.22. The van der Waals surface area contributed by atoms with Crippen LogP contribution in [-0.4, -0.2) is 24.1 Å². The van der Waals surface area contributed by atoms with E-state index in [1.54, 1.807) is 20.8 Å². The van der Waals surface area contributed by atoms with Crippen LogP contribution in [0.4, 0.5) is 0 Å². The van der Waals surface area contributed by atoms with Gasteiger partial charge in [-0.05, 0) is 27.2 Å². The average molecular weight is 216 g/mol. The molecular weight excluding hydrogens is 196 g/mol. The Labute approximate surface area is 90.9 Å². The molecule has 0 heterocycles. The van der Waals surface area contributed by atoms with E-state index in [4.69, 9.17) is 9.47 Å². The lowest BCUT2D eigenvalue weighted by atomic mass is 10.2. The van der Waals surface area contributed by atoms with E-state index >= 15 is 0 Å². The lowest BCUT2D eigenvalue weighted by Gasteiger charge is -2.19. The van der Waals surface area contributed by atoms with Gasteiger partial charge in [0, 0.05) is 0 Å². The number of carbonyl (C=O) groups is 2. The molecule has 0 atom stereocenters. The summed E-state index contributed by atoms with van der Waals surface area (Å²) in [7, 11) is 0. The van der Waals surface area contributed by atoms with Gasteiger partial charge in [0.1, 0.15) is 5.60 Å². The zero-order valence-corrected chi connectivity index (χ0v) is 9.96. The highest BCUT2D eigenvalue weighted by atomic mass is 16.6. The van der Waals surface area contributed by atoms with Gasteiger partial charge in [0.05, 0.1) is 19.4 Å². The van der Waals surface area contributed by atoms with Gasteiger partial charge in [-0.2, -0.15) is 0 Å². The van der Waals surface area contributed by atoms with Crippen LogP contribution in [0.1, 0.15) is 47.0 Å². The van der Waals surface area contributed by atoms with Gasteiger partial charge in [0.25, 0.3) is 0 Å².